The van der Waals surface area contributed by atoms with Crippen LogP contribution in [0.15, 0.2) is 0 Å². The molecule has 0 aromatic rings. The zero-order valence-electron chi connectivity index (χ0n) is 7.26. The molecule has 0 radical (unpaired) electrons. The second kappa shape index (κ2) is 2.81. The Bertz CT molecular complexity index is 165. The summed E-state index contributed by atoms with van der Waals surface area (Å²) in [6.45, 7) is 2.69. The largest absolute Gasteiger partial charge is 0.344 e. The number of rotatable bonds is 0. The Labute approximate surface area is 67.5 Å². The van der Waals surface area contributed by atoms with Crippen LogP contribution in [0.1, 0.15) is 26.2 Å². The molecule has 0 aromatic heterocycles. The first-order valence-corrected chi connectivity index (χ1v) is 4.04. The van der Waals surface area contributed by atoms with E-state index in [1.54, 1.807) is 4.90 Å². The van der Waals surface area contributed by atoms with E-state index in [0.717, 1.165) is 12.8 Å². The Morgan fingerprint density at radius 2 is 2.27 bits per heavy atom. The van der Waals surface area contributed by atoms with E-state index in [1.807, 2.05) is 14.0 Å². The number of carbonyl (C=O) groups excluding carboxylic acids is 1. The van der Waals surface area contributed by atoms with Crippen molar-refractivity contribution in [2.24, 2.45) is 5.73 Å². The van der Waals surface area contributed by atoms with Gasteiger partial charge in [-0.25, -0.2) is 0 Å². The minimum atomic E-state index is -0.180. The normalized spacial score (nSPS) is 33.7. The highest BCUT2D eigenvalue weighted by molar-refractivity contribution is 5.76. The van der Waals surface area contributed by atoms with Gasteiger partial charge in [0.15, 0.2) is 0 Å². The standard InChI is InChI=1S/C8H16N2O/c1-8(9)5-3-4-7(11)10(2)6-8/h3-6,9H2,1-2H3. The van der Waals surface area contributed by atoms with E-state index in [-0.39, 0.29) is 11.4 Å². The zero-order chi connectivity index (χ0) is 8.48. The molecule has 0 saturated carbocycles. The van der Waals surface area contributed by atoms with E-state index < -0.39 is 0 Å². The second-order valence-corrected chi connectivity index (χ2v) is 3.76. The molecule has 0 aliphatic carbocycles. The van der Waals surface area contributed by atoms with Gasteiger partial charge in [-0.05, 0) is 19.8 Å². The average Bonchev–Trinajstić information content (AvgIpc) is 1.93. The number of hydrogen-bond acceptors (Lipinski definition) is 2. The first-order chi connectivity index (χ1) is 5.01. The smallest absolute Gasteiger partial charge is 0.222 e. The van der Waals surface area contributed by atoms with Crippen LogP contribution in [0.5, 0.6) is 0 Å². The summed E-state index contributed by atoms with van der Waals surface area (Å²) < 4.78 is 0. The van der Waals surface area contributed by atoms with Crippen molar-refractivity contribution in [2.75, 3.05) is 13.6 Å². The minimum Gasteiger partial charge on any atom is -0.344 e. The molecule has 0 aromatic carbocycles. The van der Waals surface area contributed by atoms with Gasteiger partial charge in [-0.2, -0.15) is 0 Å². The highest BCUT2D eigenvalue weighted by Crippen LogP contribution is 2.17. The van der Waals surface area contributed by atoms with Crippen LogP contribution in [0.25, 0.3) is 0 Å². The lowest BCUT2D eigenvalue weighted by Crippen LogP contribution is -2.46. The lowest BCUT2D eigenvalue weighted by atomic mass is 9.98. The van der Waals surface area contributed by atoms with E-state index in [2.05, 4.69) is 0 Å². The number of hydrogen-bond donors (Lipinski definition) is 1. The highest BCUT2D eigenvalue weighted by atomic mass is 16.2. The third-order valence-corrected chi connectivity index (χ3v) is 2.16. The molecule has 1 saturated heterocycles. The summed E-state index contributed by atoms with van der Waals surface area (Å²) in [6.07, 6.45) is 2.53. The maximum atomic E-state index is 11.2. The number of nitrogens with zero attached hydrogens (tertiary/aromatic N) is 1. The molecular weight excluding hydrogens is 140 g/mol. The van der Waals surface area contributed by atoms with Gasteiger partial charge in [0.1, 0.15) is 0 Å². The Morgan fingerprint density at radius 3 is 2.91 bits per heavy atom. The molecule has 1 aliphatic heterocycles. The molecule has 1 unspecified atom stereocenters. The van der Waals surface area contributed by atoms with Crippen LogP contribution in [-0.4, -0.2) is 29.9 Å². The van der Waals surface area contributed by atoms with Crippen LogP contribution in [0.3, 0.4) is 0 Å². The summed E-state index contributed by atoms with van der Waals surface area (Å²) in [4.78, 5) is 12.9. The van der Waals surface area contributed by atoms with Crippen LogP contribution >= 0.6 is 0 Å². The minimum absolute atomic E-state index is 0.180. The fourth-order valence-corrected chi connectivity index (χ4v) is 1.54. The Hall–Kier alpha value is -0.570. The summed E-state index contributed by atoms with van der Waals surface area (Å²) in [5, 5.41) is 0. The van der Waals surface area contributed by atoms with Crippen LogP contribution in [0.4, 0.5) is 0 Å². The predicted molar refractivity (Wildman–Crippen MR) is 44.1 cm³/mol. The van der Waals surface area contributed by atoms with Gasteiger partial charge in [-0.1, -0.05) is 0 Å². The third-order valence-electron chi connectivity index (χ3n) is 2.16. The third kappa shape index (κ3) is 2.19. The number of amides is 1. The van der Waals surface area contributed by atoms with Crippen molar-refractivity contribution in [1.29, 1.82) is 0 Å². The van der Waals surface area contributed by atoms with Crippen molar-refractivity contribution in [2.45, 2.75) is 31.7 Å². The van der Waals surface area contributed by atoms with Gasteiger partial charge in [0.2, 0.25) is 5.91 Å². The van der Waals surface area contributed by atoms with Crippen molar-refractivity contribution in [1.82, 2.24) is 4.90 Å². The Morgan fingerprint density at radius 1 is 1.64 bits per heavy atom. The van der Waals surface area contributed by atoms with Gasteiger partial charge >= 0.3 is 0 Å². The molecule has 0 bridgehead atoms. The van der Waals surface area contributed by atoms with Gasteiger partial charge in [0.05, 0.1) is 0 Å². The lowest BCUT2D eigenvalue weighted by molar-refractivity contribution is -0.129. The summed E-state index contributed by atoms with van der Waals surface area (Å²) in [7, 11) is 1.82. The molecule has 0 spiro atoms. The molecule has 2 N–H and O–H groups in total. The van der Waals surface area contributed by atoms with Crippen LogP contribution in [0, 0.1) is 0 Å². The van der Waals surface area contributed by atoms with Gasteiger partial charge < -0.3 is 10.6 Å². The van der Waals surface area contributed by atoms with Gasteiger partial charge in [-0.3, -0.25) is 4.79 Å². The van der Waals surface area contributed by atoms with Crippen LogP contribution in [-0.2, 0) is 4.79 Å². The van der Waals surface area contributed by atoms with Crippen molar-refractivity contribution >= 4 is 5.91 Å². The monoisotopic (exact) mass is 156 g/mol. The van der Waals surface area contributed by atoms with Gasteiger partial charge in [0, 0.05) is 25.6 Å². The highest BCUT2D eigenvalue weighted by Gasteiger charge is 2.26. The van der Waals surface area contributed by atoms with Crippen molar-refractivity contribution in [3.8, 4) is 0 Å². The summed E-state index contributed by atoms with van der Waals surface area (Å²) in [5.41, 5.74) is 5.76. The number of nitrogens with two attached hydrogens (primary N) is 1. The fourth-order valence-electron chi connectivity index (χ4n) is 1.54. The molecule has 1 aliphatic rings. The van der Waals surface area contributed by atoms with Crippen LogP contribution in [0.2, 0.25) is 0 Å². The van der Waals surface area contributed by atoms with E-state index in [9.17, 15) is 4.79 Å². The molecule has 64 valence electrons. The number of carbonyl (C=O) groups is 1. The molecule has 1 rings (SSSR count). The average molecular weight is 156 g/mol. The first kappa shape index (κ1) is 8.53. The molecule has 1 amide bonds. The second-order valence-electron chi connectivity index (χ2n) is 3.76. The number of likely N-dealkylation sites (N-methyl/N-ethyl adjacent to an activating group) is 1. The first-order valence-electron chi connectivity index (χ1n) is 4.04. The zero-order valence-corrected chi connectivity index (χ0v) is 7.26. The lowest BCUT2D eigenvalue weighted by Gasteiger charge is -2.26. The quantitative estimate of drug-likeness (QED) is 0.550. The summed E-state index contributed by atoms with van der Waals surface area (Å²) in [6, 6.07) is 0. The SMILES string of the molecule is CN1CC(C)(N)CCCC1=O. The molecule has 3 heteroatoms. The maximum absolute atomic E-state index is 11.2. The molecular formula is C8H16N2O. The topological polar surface area (TPSA) is 46.3 Å². The Kier molecular flexibility index (Phi) is 2.18. The molecule has 3 nitrogen and oxygen atoms in total. The summed E-state index contributed by atoms with van der Waals surface area (Å²) in [5.74, 6) is 0.221. The van der Waals surface area contributed by atoms with E-state index in [1.165, 1.54) is 0 Å². The van der Waals surface area contributed by atoms with Crippen molar-refractivity contribution in [3.63, 3.8) is 0 Å². The molecule has 1 heterocycles. The molecule has 11 heavy (non-hydrogen) atoms. The molecule has 1 fully saturated rings. The van der Waals surface area contributed by atoms with Gasteiger partial charge in [0.25, 0.3) is 0 Å². The van der Waals surface area contributed by atoms with Crippen molar-refractivity contribution in [3.05, 3.63) is 0 Å². The van der Waals surface area contributed by atoms with Gasteiger partial charge in [-0.15, -0.1) is 0 Å². The molecule has 1 atom stereocenters. The predicted octanol–water partition coefficient (Wildman–Crippen LogP) is 0.346. The summed E-state index contributed by atoms with van der Waals surface area (Å²) >= 11 is 0. The van der Waals surface area contributed by atoms with Crippen molar-refractivity contribution < 1.29 is 4.79 Å². The fraction of sp³-hybridized carbons (Fsp3) is 0.875. The Balaban J connectivity index is 2.63. The number of likely N-dealkylation sites (tertiary alicyclic amines) is 1. The van der Waals surface area contributed by atoms with E-state index >= 15 is 0 Å². The van der Waals surface area contributed by atoms with E-state index in [4.69, 9.17) is 5.73 Å². The van der Waals surface area contributed by atoms with Crippen LogP contribution < -0.4 is 5.73 Å². The van der Waals surface area contributed by atoms with E-state index in [0.29, 0.717) is 13.0 Å². The maximum Gasteiger partial charge on any atom is 0.222 e.